The minimum atomic E-state index is 0.00251. The standard InChI is InChI=1S/C11H15N3OS/c1-3-9-13-10(12-7(2)6-15)8-4-5-16-11(8)14-9/h4-5,7,15H,3,6H2,1-2H3,(H,12,13,14)/t7-/m0/s1. The molecule has 2 rings (SSSR count). The Morgan fingerprint density at radius 3 is 3.00 bits per heavy atom. The molecule has 0 bridgehead atoms. The molecule has 0 unspecified atom stereocenters. The van der Waals surface area contributed by atoms with Crippen LogP contribution in [-0.2, 0) is 6.42 Å². The Morgan fingerprint density at radius 2 is 2.31 bits per heavy atom. The summed E-state index contributed by atoms with van der Waals surface area (Å²) in [4.78, 5) is 9.90. The SMILES string of the molecule is CCc1nc(N[C@@H](C)CO)c2ccsc2n1. The minimum absolute atomic E-state index is 0.00251. The highest BCUT2D eigenvalue weighted by Gasteiger charge is 2.09. The van der Waals surface area contributed by atoms with Crippen LogP contribution in [0.5, 0.6) is 0 Å². The zero-order chi connectivity index (χ0) is 11.5. The minimum Gasteiger partial charge on any atom is -0.394 e. The Labute approximate surface area is 98.4 Å². The monoisotopic (exact) mass is 237 g/mol. The molecule has 1 atom stereocenters. The van der Waals surface area contributed by atoms with Gasteiger partial charge in [-0.2, -0.15) is 0 Å². The molecule has 0 fully saturated rings. The predicted octanol–water partition coefficient (Wildman–Crippen LogP) is 2.05. The van der Waals surface area contributed by atoms with Gasteiger partial charge in [-0.1, -0.05) is 6.92 Å². The van der Waals surface area contributed by atoms with E-state index in [4.69, 9.17) is 5.11 Å². The number of aliphatic hydroxyl groups is 1. The molecular weight excluding hydrogens is 222 g/mol. The lowest BCUT2D eigenvalue weighted by atomic mass is 10.3. The summed E-state index contributed by atoms with van der Waals surface area (Å²) in [5.41, 5.74) is 0. The highest BCUT2D eigenvalue weighted by molar-refractivity contribution is 7.16. The number of anilines is 1. The maximum atomic E-state index is 9.04. The number of aliphatic hydroxyl groups excluding tert-OH is 1. The summed E-state index contributed by atoms with van der Waals surface area (Å²) < 4.78 is 0. The molecule has 0 aliphatic carbocycles. The second kappa shape index (κ2) is 4.76. The summed E-state index contributed by atoms with van der Waals surface area (Å²) in [5.74, 6) is 1.66. The van der Waals surface area contributed by atoms with Crippen LogP contribution in [-0.4, -0.2) is 27.7 Å². The first-order valence-corrected chi connectivity index (χ1v) is 6.24. The molecule has 16 heavy (non-hydrogen) atoms. The highest BCUT2D eigenvalue weighted by Crippen LogP contribution is 2.25. The van der Waals surface area contributed by atoms with Gasteiger partial charge >= 0.3 is 0 Å². The first kappa shape index (κ1) is 11.3. The van der Waals surface area contributed by atoms with Crippen molar-refractivity contribution in [2.45, 2.75) is 26.3 Å². The van der Waals surface area contributed by atoms with Gasteiger partial charge in [-0.25, -0.2) is 9.97 Å². The quantitative estimate of drug-likeness (QED) is 0.854. The third kappa shape index (κ3) is 2.15. The van der Waals surface area contributed by atoms with E-state index >= 15 is 0 Å². The molecule has 4 nitrogen and oxygen atoms in total. The van der Waals surface area contributed by atoms with Gasteiger partial charge < -0.3 is 10.4 Å². The molecule has 2 N–H and O–H groups in total. The molecule has 0 saturated carbocycles. The van der Waals surface area contributed by atoms with Crippen LogP contribution in [0.4, 0.5) is 5.82 Å². The molecular formula is C11H15N3OS. The van der Waals surface area contributed by atoms with Crippen molar-refractivity contribution in [3.63, 3.8) is 0 Å². The fraction of sp³-hybridized carbons (Fsp3) is 0.455. The number of thiophene rings is 1. The largest absolute Gasteiger partial charge is 0.394 e. The van der Waals surface area contributed by atoms with Crippen molar-refractivity contribution < 1.29 is 5.11 Å². The van der Waals surface area contributed by atoms with Gasteiger partial charge in [0.05, 0.1) is 12.0 Å². The van der Waals surface area contributed by atoms with Crippen molar-refractivity contribution in [1.29, 1.82) is 0 Å². The summed E-state index contributed by atoms with van der Waals surface area (Å²) in [6.45, 7) is 4.05. The van der Waals surface area contributed by atoms with Crippen LogP contribution in [0.1, 0.15) is 19.7 Å². The summed E-state index contributed by atoms with van der Waals surface area (Å²) in [6, 6.07) is 2.01. The number of aryl methyl sites for hydroxylation is 1. The number of fused-ring (bicyclic) bond motifs is 1. The van der Waals surface area contributed by atoms with Crippen LogP contribution in [0.3, 0.4) is 0 Å². The molecule has 0 aliphatic rings. The molecule has 0 saturated heterocycles. The van der Waals surface area contributed by atoms with Crippen LogP contribution >= 0.6 is 11.3 Å². The number of aromatic nitrogens is 2. The van der Waals surface area contributed by atoms with Gasteiger partial charge in [0.15, 0.2) is 0 Å². The van der Waals surface area contributed by atoms with Gasteiger partial charge in [-0.15, -0.1) is 11.3 Å². The summed E-state index contributed by atoms with van der Waals surface area (Å²) in [5, 5.41) is 15.3. The second-order valence-electron chi connectivity index (χ2n) is 3.71. The first-order valence-electron chi connectivity index (χ1n) is 5.36. The lowest BCUT2D eigenvalue weighted by molar-refractivity contribution is 0.281. The van der Waals surface area contributed by atoms with E-state index in [-0.39, 0.29) is 12.6 Å². The molecule has 0 aliphatic heterocycles. The Hall–Kier alpha value is -1.20. The predicted molar refractivity (Wildman–Crippen MR) is 67.0 cm³/mol. The Bertz CT molecular complexity index is 483. The van der Waals surface area contributed by atoms with Crippen molar-refractivity contribution in [3.8, 4) is 0 Å². The third-order valence-corrected chi connectivity index (χ3v) is 3.15. The van der Waals surface area contributed by atoms with E-state index in [0.29, 0.717) is 0 Å². The van der Waals surface area contributed by atoms with Crippen LogP contribution < -0.4 is 5.32 Å². The molecule has 2 aromatic heterocycles. The number of hydrogen-bond acceptors (Lipinski definition) is 5. The van der Waals surface area contributed by atoms with E-state index < -0.39 is 0 Å². The number of hydrogen-bond donors (Lipinski definition) is 2. The molecule has 86 valence electrons. The van der Waals surface area contributed by atoms with Crippen LogP contribution in [0.25, 0.3) is 10.2 Å². The van der Waals surface area contributed by atoms with Gasteiger partial charge in [0.1, 0.15) is 16.5 Å². The lowest BCUT2D eigenvalue weighted by Crippen LogP contribution is -2.20. The first-order chi connectivity index (χ1) is 7.74. The van der Waals surface area contributed by atoms with E-state index in [1.165, 1.54) is 0 Å². The third-order valence-electron chi connectivity index (χ3n) is 2.34. The highest BCUT2D eigenvalue weighted by atomic mass is 32.1. The Balaban J connectivity index is 2.44. The fourth-order valence-corrected chi connectivity index (χ4v) is 2.23. The number of nitrogens with one attached hydrogen (secondary N) is 1. The zero-order valence-corrected chi connectivity index (χ0v) is 10.2. The van der Waals surface area contributed by atoms with Crippen LogP contribution in [0, 0.1) is 0 Å². The normalized spacial score (nSPS) is 12.9. The molecule has 0 aromatic carbocycles. The summed E-state index contributed by atoms with van der Waals surface area (Å²) >= 11 is 1.61. The molecule has 0 amide bonds. The van der Waals surface area contributed by atoms with Crippen molar-refractivity contribution in [1.82, 2.24) is 9.97 Å². The molecule has 0 radical (unpaired) electrons. The van der Waals surface area contributed by atoms with Gasteiger partial charge in [0, 0.05) is 12.5 Å². The van der Waals surface area contributed by atoms with Gasteiger partial charge in [0.25, 0.3) is 0 Å². The van der Waals surface area contributed by atoms with Crippen LogP contribution in [0.2, 0.25) is 0 Å². The van der Waals surface area contributed by atoms with Crippen molar-refractivity contribution in [2.24, 2.45) is 0 Å². The van der Waals surface area contributed by atoms with E-state index in [1.807, 2.05) is 25.3 Å². The van der Waals surface area contributed by atoms with E-state index in [2.05, 4.69) is 15.3 Å². The van der Waals surface area contributed by atoms with E-state index in [9.17, 15) is 0 Å². The topological polar surface area (TPSA) is 58.0 Å². The second-order valence-corrected chi connectivity index (χ2v) is 4.60. The average Bonchev–Trinajstić information content (AvgIpc) is 2.76. The van der Waals surface area contributed by atoms with Crippen molar-refractivity contribution in [2.75, 3.05) is 11.9 Å². The van der Waals surface area contributed by atoms with Gasteiger partial charge in [-0.3, -0.25) is 0 Å². The maximum absolute atomic E-state index is 9.04. The van der Waals surface area contributed by atoms with Crippen molar-refractivity contribution in [3.05, 3.63) is 17.3 Å². The average molecular weight is 237 g/mol. The summed E-state index contributed by atoms with van der Waals surface area (Å²) in [6.07, 6.45) is 0.816. The summed E-state index contributed by atoms with van der Waals surface area (Å²) in [7, 11) is 0. The van der Waals surface area contributed by atoms with E-state index in [0.717, 1.165) is 28.3 Å². The zero-order valence-electron chi connectivity index (χ0n) is 9.40. The molecule has 0 spiro atoms. The Kier molecular flexibility index (Phi) is 3.36. The number of nitrogens with zero attached hydrogens (tertiary/aromatic N) is 2. The fourth-order valence-electron chi connectivity index (χ4n) is 1.45. The van der Waals surface area contributed by atoms with E-state index in [1.54, 1.807) is 11.3 Å². The molecule has 5 heteroatoms. The number of rotatable bonds is 4. The lowest BCUT2D eigenvalue weighted by Gasteiger charge is -2.12. The molecule has 2 heterocycles. The van der Waals surface area contributed by atoms with Crippen molar-refractivity contribution >= 4 is 27.4 Å². The molecule has 2 aromatic rings. The smallest absolute Gasteiger partial charge is 0.138 e. The van der Waals surface area contributed by atoms with Crippen LogP contribution in [0.15, 0.2) is 11.4 Å². The van der Waals surface area contributed by atoms with Gasteiger partial charge in [0.2, 0.25) is 0 Å². The maximum Gasteiger partial charge on any atom is 0.138 e. The Morgan fingerprint density at radius 1 is 1.50 bits per heavy atom. The van der Waals surface area contributed by atoms with Gasteiger partial charge in [-0.05, 0) is 18.4 Å².